The second kappa shape index (κ2) is 13.8. The van der Waals surface area contributed by atoms with Crippen molar-refractivity contribution in [3.8, 4) is 11.1 Å². The van der Waals surface area contributed by atoms with Crippen LogP contribution in [0.2, 0.25) is 0 Å². The molecule has 0 radical (unpaired) electrons. The third-order valence-corrected chi connectivity index (χ3v) is 9.29. The van der Waals surface area contributed by atoms with Gasteiger partial charge in [-0.05, 0) is 84.0 Å². The number of amides is 3. The number of benzene rings is 3. The minimum Gasteiger partial charge on any atom is -0.368 e. The van der Waals surface area contributed by atoms with Gasteiger partial charge in [0.2, 0.25) is 5.91 Å². The molecule has 5 aromatic rings. The van der Waals surface area contributed by atoms with E-state index in [4.69, 9.17) is 0 Å². The number of rotatable bonds is 9. The van der Waals surface area contributed by atoms with Gasteiger partial charge in [-0.1, -0.05) is 37.3 Å². The quantitative estimate of drug-likeness (QED) is 0.167. The molecule has 46 heavy (non-hydrogen) atoms. The van der Waals surface area contributed by atoms with Gasteiger partial charge in [0.1, 0.15) is 11.9 Å². The number of H-pyrrole nitrogens is 1. The van der Waals surface area contributed by atoms with Gasteiger partial charge < -0.3 is 30.3 Å². The maximum atomic E-state index is 14.3. The number of anilines is 2. The van der Waals surface area contributed by atoms with E-state index in [0.717, 1.165) is 45.4 Å². The Morgan fingerprint density at radius 3 is 2.48 bits per heavy atom. The number of fused-ring (bicyclic) bond motifs is 1. The Balaban J connectivity index is 1.26. The molecule has 3 aromatic carbocycles. The number of hydrogen-bond donors (Lipinski definition) is 3. The highest BCUT2D eigenvalue weighted by Crippen LogP contribution is 2.33. The van der Waals surface area contributed by atoms with E-state index in [0.29, 0.717) is 31.9 Å². The Bertz CT molecular complexity index is 1800. The second-order valence-corrected chi connectivity index (χ2v) is 12.9. The highest BCUT2D eigenvalue weighted by Gasteiger charge is 2.32. The summed E-state index contributed by atoms with van der Waals surface area (Å²) in [5.41, 5.74) is 6.59. The summed E-state index contributed by atoms with van der Waals surface area (Å²) in [6.07, 6.45) is 1.93. The molecular formula is C36H39FN6O2S. The van der Waals surface area contributed by atoms with E-state index < -0.39 is 6.04 Å². The van der Waals surface area contributed by atoms with Crippen LogP contribution < -0.4 is 15.5 Å². The predicted molar refractivity (Wildman–Crippen MR) is 185 cm³/mol. The van der Waals surface area contributed by atoms with Crippen LogP contribution in [0.5, 0.6) is 0 Å². The minimum absolute atomic E-state index is 0.276. The first kappa shape index (κ1) is 31.3. The third-order valence-electron chi connectivity index (χ3n) is 8.60. The molecule has 0 aliphatic carbocycles. The molecule has 0 spiro atoms. The number of carbonyl (C=O) groups is 2. The van der Waals surface area contributed by atoms with Crippen LogP contribution in [0.3, 0.4) is 0 Å². The molecule has 6 rings (SSSR count). The fraction of sp³-hybridized carbons (Fsp3) is 0.278. The number of thiophene rings is 1. The average molecular weight is 639 g/mol. The van der Waals surface area contributed by atoms with Gasteiger partial charge in [0, 0.05) is 72.7 Å². The topological polar surface area (TPSA) is 83.7 Å². The van der Waals surface area contributed by atoms with E-state index >= 15 is 0 Å². The summed E-state index contributed by atoms with van der Waals surface area (Å²) in [5, 5.41) is 11.4. The van der Waals surface area contributed by atoms with Crippen LogP contribution in [0.4, 0.5) is 20.6 Å². The van der Waals surface area contributed by atoms with Gasteiger partial charge in [0.05, 0.1) is 0 Å². The Morgan fingerprint density at radius 1 is 1.00 bits per heavy atom. The first-order valence-electron chi connectivity index (χ1n) is 15.5. The van der Waals surface area contributed by atoms with Crippen molar-refractivity contribution in [2.24, 2.45) is 0 Å². The molecule has 1 aliphatic heterocycles. The maximum Gasteiger partial charge on any atom is 0.318 e. The van der Waals surface area contributed by atoms with Gasteiger partial charge in [-0.15, -0.1) is 0 Å². The van der Waals surface area contributed by atoms with E-state index in [1.807, 2.05) is 75.1 Å². The van der Waals surface area contributed by atoms with Gasteiger partial charge in [-0.3, -0.25) is 4.79 Å². The number of piperazine rings is 1. The summed E-state index contributed by atoms with van der Waals surface area (Å²) in [5.74, 6) is -0.896. The van der Waals surface area contributed by atoms with Crippen LogP contribution in [0, 0.1) is 5.82 Å². The molecule has 0 unspecified atom stereocenters. The van der Waals surface area contributed by atoms with Gasteiger partial charge >= 0.3 is 6.03 Å². The fourth-order valence-corrected chi connectivity index (χ4v) is 6.81. The number of urea groups is 1. The van der Waals surface area contributed by atoms with Crippen LogP contribution in [-0.2, 0) is 11.3 Å². The van der Waals surface area contributed by atoms with Gasteiger partial charge in [0.15, 0.2) is 0 Å². The number of hydrogen-bond acceptors (Lipinski definition) is 5. The van der Waals surface area contributed by atoms with Crippen molar-refractivity contribution < 1.29 is 14.0 Å². The number of aromatic nitrogens is 1. The summed E-state index contributed by atoms with van der Waals surface area (Å²) in [7, 11) is 4.03. The average Bonchev–Trinajstić information content (AvgIpc) is 3.74. The molecule has 3 N–H and O–H groups in total. The molecule has 238 valence electrons. The Kier molecular flexibility index (Phi) is 9.37. The molecule has 0 bridgehead atoms. The lowest BCUT2D eigenvalue weighted by molar-refractivity contribution is -0.118. The standard InChI is InChI=1S/C36H39FN6O2S/c1-24(31-21-38-32-7-5-4-6-30(31)32)34(40-36(45)43-17-15-42(16-18-43)28-11-9-27(37)10-12-28)35(44)39-33-20-25(22-41(2)3)8-13-29(33)26-14-19-46-23-26/h4-14,19-21,23-24,34,38H,15-18,22H2,1-3H3,(H,39,44)(H,40,45)/t24-,34+/m0/s1. The molecule has 0 saturated carbocycles. The second-order valence-electron chi connectivity index (χ2n) is 12.1. The Hall–Kier alpha value is -4.67. The number of halogens is 1. The molecular weight excluding hydrogens is 600 g/mol. The zero-order valence-electron chi connectivity index (χ0n) is 26.3. The molecule has 1 fully saturated rings. The first-order chi connectivity index (χ1) is 22.3. The zero-order valence-corrected chi connectivity index (χ0v) is 27.1. The number of aromatic amines is 1. The van der Waals surface area contributed by atoms with Crippen molar-refractivity contribution in [1.29, 1.82) is 0 Å². The SMILES string of the molecule is C[C@@H](c1c[nH]c2ccccc12)[C@@H](NC(=O)N1CCN(c2ccc(F)cc2)CC1)C(=O)Nc1cc(CN(C)C)ccc1-c1ccsc1. The first-order valence-corrected chi connectivity index (χ1v) is 16.4. The number of nitrogens with one attached hydrogen (secondary N) is 3. The van der Waals surface area contributed by atoms with Gasteiger partial charge in [-0.2, -0.15) is 11.3 Å². The number of para-hydroxylation sites is 1. The molecule has 8 nitrogen and oxygen atoms in total. The predicted octanol–water partition coefficient (Wildman–Crippen LogP) is 6.74. The highest BCUT2D eigenvalue weighted by atomic mass is 32.1. The van der Waals surface area contributed by atoms with E-state index in [9.17, 15) is 14.0 Å². The fourth-order valence-electron chi connectivity index (χ4n) is 6.15. The minimum atomic E-state index is -0.852. The third kappa shape index (κ3) is 6.93. The molecule has 1 aliphatic rings. The largest absolute Gasteiger partial charge is 0.368 e. The van der Waals surface area contributed by atoms with Crippen LogP contribution in [0.1, 0.15) is 24.0 Å². The van der Waals surface area contributed by atoms with Crippen LogP contribution in [0.25, 0.3) is 22.0 Å². The van der Waals surface area contributed by atoms with Crippen molar-refractivity contribution in [1.82, 2.24) is 20.1 Å². The van der Waals surface area contributed by atoms with E-state index in [1.165, 1.54) is 12.1 Å². The molecule has 3 amide bonds. The van der Waals surface area contributed by atoms with Crippen molar-refractivity contribution in [2.45, 2.75) is 25.4 Å². The monoisotopic (exact) mass is 638 g/mol. The molecule has 2 aromatic heterocycles. The van der Waals surface area contributed by atoms with Crippen LogP contribution >= 0.6 is 11.3 Å². The van der Waals surface area contributed by atoms with Crippen LogP contribution in [0.15, 0.2) is 89.8 Å². The van der Waals surface area contributed by atoms with Crippen molar-refractivity contribution in [3.63, 3.8) is 0 Å². The lowest BCUT2D eigenvalue weighted by Gasteiger charge is -2.37. The van der Waals surface area contributed by atoms with Crippen molar-refractivity contribution in [2.75, 3.05) is 50.5 Å². The maximum absolute atomic E-state index is 14.3. The smallest absolute Gasteiger partial charge is 0.318 e. The van der Waals surface area contributed by atoms with Gasteiger partial charge in [0.25, 0.3) is 0 Å². The van der Waals surface area contributed by atoms with E-state index in [1.54, 1.807) is 28.4 Å². The van der Waals surface area contributed by atoms with Crippen LogP contribution in [-0.4, -0.2) is 73.0 Å². The number of carbonyl (C=O) groups excluding carboxylic acids is 2. The highest BCUT2D eigenvalue weighted by molar-refractivity contribution is 7.08. The summed E-state index contributed by atoms with van der Waals surface area (Å²) < 4.78 is 13.4. The molecule has 1 saturated heterocycles. The van der Waals surface area contributed by atoms with Crippen molar-refractivity contribution in [3.05, 3.63) is 107 Å². The molecule has 2 atom stereocenters. The molecule has 10 heteroatoms. The van der Waals surface area contributed by atoms with E-state index in [2.05, 4.69) is 36.9 Å². The Labute approximate surface area is 272 Å². The normalized spacial score (nSPS) is 14.8. The lowest BCUT2D eigenvalue weighted by Crippen LogP contribution is -2.56. The lowest BCUT2D eigenvalue weighted by atomic mass is 9.92. The number of nitrogens with zero attached hydrogens (tertiary/aromatic N) is 3. The van der Waals surface area contributed by atoms with Crippen molar-refractivity contribution >= 4 is 45.6 Å². The zero-order chi connectivity index (χ0) is 32.2. The summed E-state index contributed by atoms with van der Waals surface area (Å²) in [6, 6.07) is 21.4. The van der Waals surface area contributed by atoms with E-state index in [-0.39, 0.29) is 23.7 Å². The van der Waals surface area contributed by atoms with Gasteiger partial charge in [-0.25, -0.2) is 9.18 Å². The summed E-state index contributed by atoms with van der Waals surface area (Å²) >= 11 is 1.60. The summed E-state index contributed by atoms with van der Waals surface area (Å²) in [4.78, 5) is 37.4. The Morgan fingerprint density at radius 2 is 1.76 bits per heavy atom. The summed E-state index contributed by atoms with van der Waals surface area (Å²) in [6.45, 7) is 4.88. The molecule has 3 heterocycles.